The van der Waals surface area contributed by atoms with Crippen LogP contribution in [0.4, 0.5) is 5.82 Å². The van der Waals surface area contributed by atoms with Crippen LogP contribution in [0, 0.1) is 6.92 Å². The van der Waals surface area contributed by atoms with Crippen LogP contribution in [0.2, 0.25) is 0 Å². The summed E-state index contributed by atoms with van der Waals surface area (Å²) in [7, 11) is 0. The first kappa shape index (κ1) is 19.4. The molecule has 0 unspecified atom stereocenters. The molecule has 2 N–H and O–H groups in total. The van der Waals surface area contributed by atoms with Gasteiger partial charge in [-0.2, -0.15) is 0 Å². The van der Waals surface area contributed by atoms with Crippen molar-refractivity contribution in [3.8, 4) is 0 Å². The Morgan fingerprint density at radius 3 is 2.60 bits per heavy atom. The van der Waals surface area contributed by atoms with Crippen LogP contribution in [0.25, 0.3) is 21.9 Å². The molecule has 3 heterocycles. The van der Waals surface area contributed by atoms with Crippen molar-refractivity contribution in [3.63, 3.8) is 0 Å². The molecule has 5 rings (SSSR count). The van der Waals surface area contributed by atoms with Crippen LogP contribution >= 0.6 is 11.8 Å². The van der Waals surface area contributed by atoms with Crippen LogP contribution in [0.1, 0.15) is 29.5 Å². The zero-order chi connectivity index (χ0) is 20.7. The highest BCUT2D eigenvalue weighted by Crippen LogP contribution is 2.32. The van der Waals surface area contributed by atoms with Gasteiger partial charge in [-0.1, -0.05) is 48.2 Å². The number of likely N-dealkylation sites (tertiary alicyclic amines) is 1. The van der Waals surface area contributed by atoms with Crippen molar-refractivity contribution in [1.82, 2.24) is 19.4 Å². The van der Waals surface area contributed by atoms with Crippen LogP contribution < -0.4 is 5.73 Å². The summed E-state index contributed by atoms with van der Waals surface area (Å²) >= 11 is 1.65. The SMILES string of the molecule is CSc1nc2c(N)nc3ccccc3c2n1Cc1ccc(CN2CCCC2)cc1C. The first-order valence-electron chi connectivity index (χ1n) is 10.5. The molecule has 0 atom stereocenters. The summed E-state index contributed by atoms with van der Waals surface area (Å²) < 4.78 is 2.29. The highest BCUT2D eigenvalue weighted by Gasteiger charge is 2.18. The third-order valence-electron chi connectivity index (χ3n) is 6.10. The molecule has 30 heavy (non-hydrogen) atoms. The fourth-order valence-corrected chi connectivity index (χ4v) is 5.10. The summed E-state index contributed by atoms with van der Waals surface area (Å²) in [6.45, 7) is 6.49. The molecule has 1 saturated heterocycles. The quantitative estimate of drug-likeness (QED) is 0.471. The smallest absolute Gasteiger partial charge is 0.169 e. The van der Waals surface area contributed by atoms with E-state index in [1.807, 2.05) is 18.2 Å². The summed E-state index contributed by atoms with van der Waals surface area (Å²) in [5.41, 5.74) is 13.1. The molecule has 0 spiro atoms. The van der Waals surface area contributed by atoms with Crippen LogP contribution in [0.3, 0.4) is 0 Å². The van der Waals surface area contributed by atoms with Gasteiger partial charge in [-0.05, 0) is 61.9 Å². The molecular formula is C24H27N5S. The van der Waals surface area contributed by atoms with E-state index in [0.29, 0.717) is 5.82 Å². The first-order valence-corrected chi connectivity index (χ1v) is 11.8. The number of imidazole rings is 1. The first-order chi connectivity index (χ1) is 14.6. The monoisotopic (exact) mass is 417 g/mol. The van der Waals surface area contributed by atoms with E-state index in [1.54, 1.807) is 11.8 Å². The normalized spacial score (nSPS) is 14.9. The average Bonchev–Trinajstić information content (AvgIpc) is 3.38. The number of fused-ring (bicyclic) bond motifs is 3. The summed E-state index contributed by atoms with van der Waals surface area (Å²) in [6, 6.07) is 15.1. The predicted octanol–water partition coefficient (Wildman–Crippen LogP) is 4.84. The zero-order valence-corrected chi connectivity index (χ0v) is 18.4. The molecule has 2 aromatic heterocycles. The van der Waals surface area contributed by atoms with Gasteiger partial charge in [-0.25, -0.2) is 9.97 Å². The van der Waals surface area contributed by atoms with Gasteiger partial charge in [0.1, 0.15) is 5.52 Å². The van der Waals surface area contributed by atoms with E-state index in [9.17, 15) is 0 Å². The van der Waals surface area contributed by atoms with E-state index in [1.165, 1.54) is 42.6 Å². The number of anilines is 1. The van der Waals surface area contributed by atoms with Gasteiger partial charge in [0, 0.05) is 11.9 Å². The lowest BCUT2D eigenvalue weighted by atomic mass is 10.0. The number of pyridine rings is 1. The molecule has 4 aromatic rings. The van der Waals surface area contributed by atoms with Crippen molar-refractivity contribution in [2.24, 2.45) is 0 Å². The second kappa shape index (κ2) is 7.93. The Bertz CT molecular complexity index is 1220. The van der Waals surface area contributed by atoms with Crippen LogP contribution in [-0.2, 0) is 13.1 Å². The second-order valence-corrected chi connectivity index (χ2v) is 8.91. The molecule has 0 radical (unpaired) electrons. The molecule has 0 aliphatic carbocycles. The van der Waals surface area contributed by atoms with Crippen molar-refractivity contribution in [2.45, 2.75) is 38.0 Å². The number of para-hydroxylation sites is 1. The summed E-state index contributed by atoms with van der Waals surface area (Å²) in [6.07, 6.45) is 4.72. The molecule has 6 heteroatoms. The third-order valence-corrected chi connectivity index (χ3v) is 6.77. The number of aryl methyl sites for hydroxylation is 1. The van der Waals surface area contributed by atoms with Crippen molar-refractivity contribution in [1.29, 1.82) is 0 Å². The minimum atomic E-state index is 0.496. The number of thioether (sulfide) groups is 1. The summed E-state index contributed by atoms with van der Waals surface area (Å²) in [5.74, 6) is 0.496. The molecule has 0 saturated carbocycles. The van der Waals surface area contributed by atoms with Crippen LogP contribution in [0.5, 0.6) is 0 Å². The number of hydrogen-bond donors (Lipinski definition) is 1. The Kier molecular flexibility index (Phi) is 5.13. The van der Waals surface area contributed by atoms with E-state index in [2.05, 4.69) is 51.9 Å². The Morgan fingerprint density at radius 1 is 1.03 bits per heavy atom. The van der Waals surface area contributed by atoms with E-state index < -0.39 is 0 Å². The molecular weight excluding hydrogens is 390 g/mol. The standard InChI is InChI=1S/C24H27N5S/c1-16-13-17(14-28-11-5-6-12-28)9-10-18(16)15-29-22-19-7-3-4-8-20(19)26-23(25)21(22)27-24(29)30-2/h3-4,7-10,13H,5-6,11-12,14-15H2,1-2H3,(H2,25,26). The average molecular weight is 418 g/mol. The van der Waals surface area contributed by atoms with Crippen molar-refractivity contribution >= 4 is 39.5 Å². The maximum atomic E-state index is 6.28. The highest BCUT2D eigenvalue weighted by molar-refractivity contribution is 7.98. The minimum absolute atomic E-state index is 0.496. The zero-order valence-electron chi connectivity index (χ0n) is 17.6. The van der Waals surface area contributed by atoms with Gasteiger partial charge in [0.15, 0.2) is 11.0 Å². The molecule has 0 bridgehead atoms. The lowest BCUT2D eigenvalue weighted by molar-refractivity contribution is 0.331. The summed E-state index contributed by atoms with van der Waals surface area (Å²) in [4.78, 5) is 11.9. The van der Waals surface area contributed by atoms with Gasteiger partial charge in [0.05, 0.1) is 17.6 Å². The Morgan fingerprint density at radius 2 is 1.83 bits per heavy atom. The fraction of sp³-hybridized carbons (Fsp3) is 0.333. The van der Waals surface area contributed by atoms with Crippen LogP contribution in [-0.4, -0.2) is 38.8 Å². The van der Waals surface area contributed by atoms with Crippen molar-refractivity contribution < 1.29 is 0 Å². The number of aromatic nitrogens is 3. The molecule has 5 nitrogen and oxygen atoms in total. The fourth-order valence-electron chi connectivity index (χ4n) is 4.54. The molecule has 2 aromatic carbocycles. The molecule has 1 fully saturated rings. The van der Waals surface area contributed by atoms with E-state index in [-0.39, 0.29) is 0 Å². The van der Waals surface area contributed by atoms with Gasteiger partial charge in [-0.15, -0.1) is 0 Å². The molecule has 1 aliphatic heterocycles. The predicted molar refractivity (Wildman–Crippen MR) is 126 cm³/mol. The lowest BCUT2D eigenvalue weighted by Gasteiger charge is -2.17. The van der Waals surface area contributed by atoms with E-state index in [0.717, 1.165) is 40.2 Å². The Balaban J connectivity index is 1.56. The lowest BCUT2D eigenvalue weighted by Crippen LogP contribution is -2.18. The van der Waals surface area contributed by atoms with Crippen molar-refractivity contribution in [2.75, 3.05) is 25.1 Å². The van der Waals surface area contributed by atoms with E-state index in [4.69, 9.17) is 10.7 Å². The number of nitrogens with two attached hydrogens (primary N) is 1. The van der Waals surface area contributed by atoms with Gasteiger partial charge in [-0.3, -0.25) is 4.90 Å². The number of hydrogen-bond acceptors (Lipinski definition) is 5. The Labute approximate surface area is 181 Å². The molecule has 154 valence electrons. The number of benzene rings is 2. The van der Waals surface area contributed by atoms with Gasteiger partial charge in [0.25, 0.3) is 0 Å². The molecule has 0 amide bonds. The largest absolute Gasteiger partial charge is 0.382 e. The maximum Gasteiger partial charge on any atom is 0.169 e. The van der Waals surface area contributed by atoms with Crippen molar-refractivity contribution in [3.05, 3.63) is 59.2 Å². The van der Waals surface area contributed by atoms with Gasteiger partial charge < -0.3 is 10.3 Å². The third kappa shape index (κ3) is 3.44. The Hall–Kier alpha value is -2.57. The van der Waals surface area contributed by atoms with E-state index >= 15 is 0 Å². The number of nitrogen functional groups attached to an aromatic ring is 1. The molecule has 1 aliphatic rings. The van der Waals surface area contributed by atoms with Gasteiger partial charge in [0.2, 0.25) is 0 Å². The second-order valence-electron chi connectivity index (χ2n) is 8.14. The summed E-state index contributed by atoms with van der Waals surface area (Å²) in [5, 5.41) is 2.06. The van der Waals surface area contributed by atoms with Gasteiger partial charge >= 0.3 is 0 Å². The highest BCUT2D eigenvalue weighted by atomic mass is 32.2. The number of rotatable bonds is 5. The topological polar surface area (TPSA) is 60.0 Å². The minimum Gasteiger partial charge on any atom is -0.382 e. The maximum absolute atomic E-state index is 6.28. The number of nitrogens with zero attached hydrogens (tertiary/aromatic N) is 4. The van der Waals surface area contributed by atoms with Crippen LogP contribution in [0.15, 0.2) is 47.6 Å².